The second-order valence-corrected chi connectivity index (χ2v) is 5.11. The molecule has 0 unspecified atom stereocenters. The van der Waals surface area contributed by atoms with Crippen molar-refractivity contribution < 1.29 is 4.39 Å². The van der Waals surface area contributed by atoms with Crippen LogP contribution in [0.25, 0.3) is 16.6 Å². The lowest BCUT2D eigenvalue weighted by molar-refractivity contribution is 0.617. The number of para-hydroxylation sites is 1. The Morgan fingerprint density at radius 3 is 2.90 bits per heavy atom. The highest BCUT2D eigenvalue weighted by Gasteiger charge is 2.07. The van der Waals surface area contributed by atoms with E-state index < -0.39 is 0 Å². The van der Waals surface area contributed by atoms with Gasteiger partial charge in [0.25, 0.3) is 0 Å². The van der Waals surface area contributed by atoms with Gasteiger partial charge >= 0.3 is 0 Å². The first kappa shape index (κ1) is 13.8. The number of rotatable bonds is 5. The van der Waals surface area contributed by atoms with Crippen molar-refractivity contribution in [1.82, 2.24) is 15.1 Å². The largest absolute Gasteiger partial charge is 0.313 e. The molecule has 0 amide bonds. The van der Waals surface area contributed by atoms with Crippen LogP contribution < -0.4 is 5.32 Å². The molecule has 2 aromatic carbocycles. The zero-order chi connectivity index (χ0) is 14.7. The summed E-state index contributed by atoms with van der Waals surface area (Å²) in [6.45, 7) is 3.70. The van der Waals surface area contributed by atoms with Crippen molar-refractivity contribution in [2.75, 3.05) is 6.54 Å². The standard InChI is InChI=1S/C17H18FN3/c1-2-7-19-11-13-8-15(18)10-16(9-13)21-17-6-4-3-5-14(17)12-20-21/h3-6,8-10,12,19H,2,7,11H2,1H3. The quantitative estimate of drug-likeness (QED) is 0.724. The molecular formula is C17H18FN3. The second-order valence-electron chi connectivity index (χ2n) is 5.11. The number of hydrogen-bond acceptors (Lipinski definition) is 2. The van der Waals surface area contributed by atoms with Crippen molar-refractivity contribution in [2.45, 2.75) is 19.9 Å². The first-order valence-corrected chi connectivity index (χ1v) is 7.21. The first-order chi connectivity index (χ1) is 10.3. The minimum atomic E-state index is -0.236. The molecule has 21 heavy (non-hydrogen) atoms. The fraction of sp³-hybridized carbons (Fsp3) is 0.235. The second kappa shape index (κ2) is 6.06. The van der Waals surface area contributed by atoms with Crippen molar-refractivity contribution in [2.24, 2.45) is 0 Å². The molecule has 0 aliphatic rings. The maximum Gasteiger partial charge on any atom is 0.125 e. The minimum absolute atomic E-state index is 0.236. The lowest BCUT2D eigenvalue weighted by Gasteiger charge is -2.08. The number of aromatic nitrogens is 2. The van der Waals surface area contributed by atoms with Gasteiger partial charge in [0.15, 0.2) is 0 Å². The Hall–Kier alpha value is -2.20. The Kier molecular flexibility index (Phi) is 3.97. The van der Waals surface area contributed by atoms with Crippen LogP contribution in [0.4, 0.5) is 4.39 Å². The zero-order valence-electron chi connectivity index (χ0n) is 12.0. The maximum absolute atomic E-state index is 13.9. The van der Waals surface area contributed by atoms with Gasteiger partial charge < -0.3 is 5.32 Å². The predicted octanol–water partition coefficient (Wildman–Crippen LogP) is 3.66. The molecule has 0 atom stereocenters. The molecule has 1 heterocycles. The van der Waals surface area contributed by atoms with Gasteiger partial charge in [-0.3, -0.25) is 0 Å². The summed E-state index contributed by atoms with van der Waals surface area (Å²) in [7, 11) is 0. The average Bonchev–Trinajstić information content (AvgIpc) is 2.91. The van der Waals surface area contributed by atoms with Gasteiger partial charge in [0.2, 0.25) is 0 Å². The highest BCUT2D eigenvalue weighted by molar-refractivity contribution is 5.80. The minimum Gasteiger partial charge on any atom is -0.313 e. The highest BCUT2D eigenvalue weighted by Crippen LogP contribution is 2.20. The third-order valence-electron chi connectivity index (χ3n) is 3.42. The fourth-order valence-electron chi connectivity index (χ4n) is 2.44. The first-order valence-electron chi connectivity index (χ1n) is 7.21. The third kappa shape index (κ3) is 2.95. The summed E-state index contributed by atoms with van der Waals surface area (Å²) in [5, 5.41) is 8.71. The lowest BCUT2D eigenvalue weighted by Crippen LogP contribution is -2.14. The summed E-state index contributed by atoms with van der Waals surface area (Å²) < 4.78 is 15.6. The van der Waals surface area contributed by atoms with Crippen molar-refractivity contribution >= 4 is 10.9 Å². The van der Waals surface area contributed by atoms with Gasteiger partial charge in [0.1, 0.15) is 5.82 Å². The Morgan fingerprint density at radius 1 is 1.19 bits per heavy atom. The summed E-state index contributed by atoms with van der Waals surface area (Å²) in [6.07, 6.45) is 2.86. The van der Waals surface area contributed by atoms with Gasteiger partial charge in [0.05, 0.1) is 17.4 Å². The Balaban J connectivity index is 1.98. The number of fused-ring (bicyclic) bond motifs is 1. The zero-order valence-corrected chi connectivity index (χ0v) is 12.0. The normalized spacial score (nSPS) is 11.1. The molecule has 0 spiro atoms. The molecule has 3 rings (SSSR count). The predicted molar refractivity (Wildman–Crippen MR) is 83.0 cm³/mol. The highest BCUT2D eigenvalue weighted by atomic mass is 19.1. The number of hydrogen-bond donors (Lipinski definition) is 1. The van der Waals surface area contributed by atoms with Gasteiger partial charge in [-0.05, 0) is 42.8 Å². The molecule has 4 heteroatoms. The smallest absolute Gasteiger partial charge is 0.125 e. The lowest BCUT2D eigenvalue weighted by atomic mass is 10.2. The molecule has 0 radical (unpaired) electrons. The van der Waals surface area contributed by atoms with E-state index in [1.54, 1.807) is 16.9 Å². The summed E-state index contributed by atoms with van der Waals surface area (Å²) in [5.41, 5.74) is 2.66. The van der Waals surface area contributed by atoms with Crippen LogP contribution in [0, 0.1) is 5.82 Å². The van der Waals surface area contributed by atoms with E-state index in [-0.39, 0.29) is 5.82 Å². The molecule has 1 N–H and O–H groups in total. The molecule has 3 aromatic rings. The molecule has 0 bridgehead atoms. The van der Waals surface area contributed by atoms with Crippen molar-refractivity contribution in [3.05, 3.63) is 60.0 Å². The monoisotopic (exact) mass is 283 g/mol. The Morgan fingerprint density at radius 2 is 2.05 bits per heavy atom. The number of nitrogens with one attached hydrogen (secondary N) is 1. The average molecular weight is 283 g/mol. The SMILES string of the molecule is CCCNCc1cc(F)cc(-n2ncc3ccccc32)c1. The van der Waals surface area contributed by atoms with Crippen LogP contribution in [0.2, 0.25) is 0 Å². The number of halogens is 1. The molecule has 108 valence electrons. The van der Waals surface area contributed by atoms with E-state index in [1.165, 1.54) is 6.07 Å². The van der Waals surface area contributed by atoms with Gasteiger partial charge in [-0.25, -0.2) is 9.07 Å². The molecule has 0 saturated carbocycles. The van der Waals surface area contributed by atoms with Gasteiger partial charge in [0, 0.05) is 11.9 Å². The van der Waals surface area contributed by atoms with Crippen molar-refractivity contribution in [3.63, 3.8) is 0 Å². The topological polar surface area (TPSA) is 29.9 Å². The van der Waals surface area contributed by atoms with Crippen molar-refractivity contribution in [3.8, 4) is 5.69 Å². The molecule has 1 aromatic heterocycles. The van der Waals surface area contributed by atoms with E-state index in [4.69, 9.17) is 0 Å². The van der Waals surface area contributed by atoms with Crippen molar-refractivity contribution in [1.29, 1.82) is 0 Å². The molecule has 3 nitrogen and oxygen atoms in total. The van der Waals surface area contributed by atoms with E-state index in [1.807, 2.05) is 30.3 Å². The Bertz CT molecular complexity index is 749. The van der Waals surface area contributed by atoms with Crippen LogP contribution >= 0.6 is 0 Å². The van der Waals surface area contributed by atoms with E-state index in [0.29, 0.717) is 6.54 Å². The summed E-state index contributed by atoms with van der Waals surface area (Å²) in [6, 6.07) is 13.0. The van der Waals surface area contributed by atoms with Gasteiger partial charge in [-0.2, -0.15) is 5.10 Å². The van der Waals surface area contributed by atoms with Crippen LogP contribution in [0.1, 0.15) is 18.9 Å². The fourth-order valence-corrected chi connectivity index (χ4v) is 2.44. The molecule has 0 saturated heterocycles. The van der Waals surface area contributed by atoms with E-state index in [2.05, 4.69) is 17.3 Å². The molecular weight excluding hydrogens is 265 g/mol. The van der Waals surface area contributed by atoms with E-state index in [0.717, 1.165) is 35.1 Å². The molecule has 0 aliphatic carbocycles. The molecule has 0 fully saturated rings. The van der Waals surface area contributed by atoms with Gasteiger partial charge in [-0.1, -0.05) is 25.1 Å². The van der Waals surface area contributed by atoms with Crippen LogP contribution in [0.3, 0.4) is 0 Å². The Labute approximate surface area is 123 Å². The third-order valence-corrected chi connectivity index (χ3v) is 3.42. The van der Waals surface area contributed by atoms with Crippen LogP contribution in [-0.2, 0) is 6.54 Å². The summed E-state index contributed by atoms with van der Waals surface area (Å²) >= 11 is 0. The van der Waals surface area contributed by atoms with Crippen LogP contribution in [-0.4, -0.2) is 16.3 Å². The van der Waals surface area contributed by atoms with Crippen LogP contribution in [0.15, 0.2) is 48.7 Å². The van der Waals surface area contributed by atoms with Gasteiger partial charge in [-0.15, -0.1) is 0 Å². The molecule has 0 aliphatic heterocycles. The van der Waals surface area contributed by atoms with Crippen LogP contribution in [0.5, 0.6) is 0 Å². The van der Waals surface area contributed by atoms with E-state index in [9.17, 15) is 4.39 Å². The number of benzene rings is 2. The summed E-state index contributed by atoms with van der Waals surface area (Å²) in [4.78, 5) is 0. The maximum atomic E-state index is 13.9. The van der Waals surface area contributed by atoms with E-state index >= 15 is 0 Å². The summed E-state index contributed by atoms with van der Waals surface area (Å²) in [5.74, 6) is -0.236. The number of nitrogens with zero attached hydrogens (tertiary/aromatic N) is 2.